The van der Waals surface area contributed by atoms with Crippen molar-refractivity contribution in [3.63, 3.8) is 0 Å². The lowest BCUT2D eigenvalue weighted by Gasteiger charge is -2.00. The predicted octanol–water partition coefficient (Wildman–Crippen LogP) is 4.12. The lowest BCUT2D eigenvalue weighted by atomic mass is 10.2. The fraction of sp³-hybridized carbons (Fsp3) is 0. The topological polar surface area (TPSA) is 63.2 Å². The molecule has 4 nitrogen and oxygen atoms in total. The zero-order chi connectivity index (χ0) is 17.6. The second-order valence-corrected chi connectivity index (χ2v) is 7.19. The van der Waals surface area contributed by atoms with Crippen LogP contribution in [-0.2, 0) is 14.8 Å². The summed E-state index contributed by atoms with van der Waals surface area (Å²) in [5.41, 5.74) is 1.37. The number of carbonyl (C=O) groups excluding carboxylic acids is 1. The summed E-state index contributed by atoms with van der Waals surface area (Å²) in [4.78, 5) is 11.7. The Bertz CT molecular complexity index is 871. The maximum atomic E-state index is 11.8. The highest BCUT2D eigenvalue weighted by Crippen LogP contribution is 2.12. The summed E-state index contributed by atoms with van der Waals surface area (Å²) in [6.07, 6.45) is 4.00. The van der Waals surface area contributed by atoms with Crippen LogP contribution in [0.2, 0.25) is 10.0 Å². The van der Waals surface area contributed by atoms with Gasteiger partial charge in [-0.15, -0.1) is 0 Å². The van der Waals surface area contributed by atoms with Crippen LogP contribution in [0, 0.1) is 0 Å². The number of benzene rings is 2. The zero-order valence-electron chi connectivity index (χ0n) is 12.3. The van der Waals surface area contributed by atoms with Crippen molar-refractivity contribution in [1.82, 2.24) is 4.72 Å². The third kappa shape index (κ3) is 6.20. The summed E-state index contributed by atoms with van der Waals surface area (Å²) in [6, 6.07) is 13.4. The first-order valence-corrected chi connectivity index (χ1v) is 9.08. The molecule has 124 valence electrons. The van der Waals surface area contributed by atoms with Crippen LogP contribution in [0.4, 0.5) is 0 Å². The van der Waals surface area contributed by atoms with Crippen molar-refractivity contribution in [2.75, 3.05) is 0 Å². The molecule has 2 rings (SSSR count). The molecule has 0 aliphatic rings. The SMILES string of the molecule is O=C(/C=C\c1ccc(Cl)cc1)NS(=O)(=O)/C=C/c1ccc(Cl)cc1. The van der Waals surface area contributed by atoms with Crippen LogP contribution in [-0.4, -0.2) is 14.3 Å². The van der Waals surface area contributed by atoms with E-state index in [1.54, 1.807) is 48.5 Å². The highest BCUT2D eigenvalue weighted by atomic mass is 35.5. The molecule has 0 aliphatic carbocycles. The molecule has 0 aliphatic heterocycles. The smallest absolute Gasteiger partial charge is 0.257 e. The molecule has 0 atom stereocenters. The van der Waals surface area contributed by atoms with Gasteiger partial charge in [-0.1, -0.05) is 47.5 Å². The van der Waals surface area contributed by atoms with Crippen molar-refractivity contribution < 1.29 is 13.2 Å². The van der Waals surface area contributed by atoms with Crippen LogP contribution in [0.25, 0.3) is 12.2 Å². The number of nitrogens with one attached hydrogen (secondary N) is 1. The van der Waals surface area contributed by atoms with Crippen molar-refractivity contribution in [3.8, 4) is 0 Å². The molecule has 0 heterocycles. The average molecular weight is 382 g/mol. The number of sulfonamides is 1. The number of halogens is 2. The molecule has 1 N–H and O–H groups in total. The highest BCUT2D eigenvalue weighted by molar-refractivity contribution is 7.93. The summed E-state index contributed by atoms with van der Waals surface area (Å²) < 4.78 is 25.6. The Hall–Kier alpha value is -2.08. The van der Waals surface area contributed by atoms with E-state index < -0.39 is 15.9 Å². The minimum atomic E-state index is -3.89. The number of rotatable bonds is 5. The largest absolute Gasteiger partial charge is 0.269 e. The second-order valence-electron chi connectivity index (χ2n) is 4.75. The van der Waals surface area contributed by atoms with Gasteiger partial charge in [-0.3, -0.25) is 4.79 Å². The van der Waals surface area contributed by atoms with Gasteiger partial charge in [0.25, 0.3) is 15.9 Å². The number of hydrogen-bond donors (Lipinski definition) is 1. The lowest BCUT2D eigenvalue weighted by Crippen LogP contribution is -2.26. The van der Waals surface area contributed by atoms with Gasteiger partial charge in [-0.2, -0.15) is 0 Å². The first kappa shape index (κ1) is 18.3. The van der Waals surface area contributed by atoms with Gasteiger partial charge in [0.2, 0.25) is 0 Å². The average Bonchev–Trinajstić information content (AvgIpc) is 2.53. The van der Waals surface area contributed by atoms with Crippen LogP contribution >= 0.6 is 23.2 Å². The molecule has 0 bridgehead atoms. The summed E-state index contributed by atoms with van der Waals surface area (Å²) in [5.74, 6) is -0.745. The summed E-state index contributed by atoms with van der Waals surface area (Å²) in [5, 5.41) is 2.05. The van der Waals surface area contributed by atoms with Gasteiger partial charge in [-0.25, -0.2) is 13.1 Å². The Morgan fingerprint density at radius 2 is 1.29 bits per heavy atom. The molecule has 0 aromatic heterocycles. The third-order valence-corrected chi connectivity index (χ3v) is 4.33. The molecule has 2 aromatic carbocycles. The normalized spacial score (nSPS) is 11.9. The van der Waals surface area contributed by atoms with Crippen LogP contribution in [0.1, 0.15) is 11.1 Å². The molecule has 0 saturated heterocycles. The van der Waals surface area contributed by atoms with Gasteiger partial charge >= 0.3 is 0 Å². The van der Waals surface area contributed by atoms with E-state index in [1.165, 1.54) is 12.2 Å². The van der Waals surface area contributed by atoms with Crippen molar-refractivity contribution in [2.45, 2.75) is 0 Å². The molecule has 1 amide bonds. The minimum absolute atomic E-state index is 0.552. The van der Waals surface area contributed by atoms with E-state index in [0.29, 0.717) is 15.6 Å². The number of hydrogen-bond acceptors (Lipinski definition) is 3. The van der Waals surface area contributed by atoms with Crippen molar-refractivity contribution in [1.29, 1.82) is 0 Å². The number of amides is 1. The summed E-state index contributed by atoms with van der Waals surface area (Å²) in [7, 11) is -3.89. The summed E-state index contributed by atoms with van der Waals surface area (Å²) >= 11 is 11.5. The number of carbonyl (C=O) groups is 1. The Balaban J connectivity index is 1.98. The standard InChI is InChI=1S/C17H13Cl2NO3S/c18-15-6-1-13(2-7-15)5-10-17(21)20-24(22,23)12-11-14-3-8-16(19)9-4-14/h1-12H,(H,20,21)/b10-5-,12-11+. The zero-order valence-corrected chi connectivity index (χ0v) is 14.6. The molecule has 0 fully saturated rings. The molecule has 0 saturated carbocycles. The van der Waals surface area contributed by atoms with Crippen molar-refractivity contribution in [2.24, 2.45) is 0 Å². The maximum Gasteiger partial charge on any atom is 0.257 e. The first-order chi connectivity index (χ1) is 11.3. The van der Waals surface area contributed by atoms with Gasteiger partial charge in [0.15, 0.2) is 0 Å². The van der Waals surface area contributed by atoms with Crippen LogP contribution in [0.5, 0.6) is 0 Å². The van der Waals surface area contributed by atoms with E-state index in [1.807, 2.05) is 4.72 Å². The lowest BCUT2D eigenvalue weighted by molar-refractivity contribution is -0.114. The fourth-order valence-corrected chi connectivity index (χ4v) is 2.70. The van der Waals surface area contributed by atoms with E-state index in [2.05, 4.69) is 0 Å². The Morgan fingerprint density at radius 3 is 1.79 bits per heavy atom. The summed E-state index contributed by atoms with van der Waals surface area (Å²) in [6.45, 7) is 0. The van der Waals surface area contributed by atoms with E-state index in [4.69, 9.17) is 23.2 Å². The van der Waals surface area contributed by atoms with Gasteiger partial charge in [-0.05, 0) is 47.5 Å². The molecule has 0 radical (unpaired) electrons. The monoisotopic (exact) mass is 381 g/mol. The van der Waals surface area contributed by atoms with Gasteiger partial charge in [0.1, 0.15) is 0 Å². The van der Waals surface area contributed by atoms with Crippen LogP contribution in [0.15, 0.2) is 60.0 Å². The first-order valence-electron chi connectivity index (χ1n) is 6.78. The van der Waals surface area contributed by atoms with Crippen LogP contribution < -0.4 is 4.72 Å². The Kier molecular flexibility index (Phi) is 6.20. The Morgan fingerprint density at radius 1 is 0.833 bits per heavy atom. The van der Waals surface area contributed by atoms with Crippen LogP contribution in [0.3, 0.4) is 0 Å². The molecular formula is C17H13Cl2NO3S. The molecule has 0 spiro atoms. The quantitative estimate of drug-likeness (QED) is 0.792. The third-order valence-electron chi connectivity index (χ3n) is 2.85. The van der Waals surface area contributed by atoms with Crippen molar-refractivity contribution >= 4 is 51.3 Å². The maximum absolute atomic E-state index is 11.8. The van der Waals surface area contributed by atoms with E-state index in [9.17, 15) is 13.2 Å². The fourth-order valence-electron chi connectivity index (χ4n) is 1.70. The van der Waals surface area contributed by atoms with E-state index >= 15 is 0 Å². The van der Waals surface area contributed by atoms with Gasteiger partial charge in [0.05, 0.1) is 5.41 Å². The van der Waals surface area contributed by atoms with E-state index in [0.717, 1.165) is 17.0 Å². The van der Waals surface area contributed by atoms with Crippen molar-refractivity contribution in [3.05, 3.63) is 81.2 Å². The molecule has 0 unspecified atom stereocenters. The van der Waals surface area contributed by atoms with Gasteiger partial charge in [0, 0.05) is 16.1 Å². The predicted molar refractivity (Wildman–Crippen MR) is 98.0 cm³/mol. The van der Waals surface area contributed by atoms with E-state index in [-0.39, 0.29) is 0 Å². The Labute approximate surface area is 150 Å². The minimum Gasteiger partial charge on any atom is -0.269 e. The van der Waals surface area contributed by atoms with Gasteiger partial charge < -0.3 is 0 Å². The molecule has 7 heteroatoms. The molecule has 24 heavy (non-hydrogen) atoms. The second kappa shape index (κ2) is 8.15. The molecular weight excluding hydrogens is 369 g/mol. The highest BCUT2D eigenvalue weighted by Gasteiger charge is 2.08. The molecule has 2 aromatic rings.